The van der Waals surface area contributed by atoms with E-state index in [1.165, 1.54) is 10.9 Å². The zero-order valence-electron chi connectivity index (χ0n) is 13.2. The van der Waals surface area contributed by atoms with Gasteiger partial charge in [-0.2, -0.15) is 0 Å². The Kier molecular flexibility index (Phi) is 5.24. The highest BCUT2D eigenvalue weighted by Gasteiger charge is 2.21. The van der Waals surface area contributed by atoms with E-state index in [0.717, 1.165) is 44.4 Å². The van der Waals surface area contributed by atoms with Crippen LogP contribution >= 0.6 is 0 Å². The number of aromatic nitrogens is 4. The summed E-state index contributed by atoms with van der Waals surface area (Å²) >= 11 is 0. The third kappa shape index (κ3) is 4.19. The fourth-order valence-corrected chi connectivity index (χ4v) is 2.91. The maximum atomic E-state index is 12.5. The van der Waals surface area contributed by atoms with E-state index in [1.54, 1.807) is 18.5 Å². The molecule has 8 heteroatoms. The van der Waals surface area contributed by atoms with Gasteiger partial charge >= 0.3 is 0 Å². The highest BCUT2D eigenvalue weighted by molar-refractivity contribution is 5.01. The summed E-state index contributed by atoms with van der Waals surface area (Å²) in [6.45, 7) is 3.05. The lowest BCUT2D eigenvalue weighted by molar-refractivity contribution is 0.144. The molecule has 0 unspecified atom stereocenters. The Hall–Kier alpha value is -2.22. The number of halogens is 2. The molecule has 0 aromatic carbocycles. The van der Waals surface area contributed by atoms with Crippen LogP contribution in [0.2, 0.25) is 0 Å². The fraction of sp³-hybridized carbons (Fsp3) is 0.500. The molecule has 1 fully saturated rings. The Labute approximate surface area is 138 Å². The molecule has 0 radical (unpaired) electrons. The molecule has 0 N–H and O–H groups in total. The first kappa shape index (κ1) is 16.6. The van der Waals surface area contributed by atoms with Gasteiger partial charge in [-0.15, -0.1) is 0 Å². The van der Waals surface area contributed by atoms with Crippen LogP contribution in [0.15, 0.2) is 35.6 Å². The topological polar surface area (TPSA) is 63.9 Å². The van der Waals surface area contributed by atoms with E-state index >= 15 is 0 Å². The predicted octanol–water partition coefficient (Wildman–Crippen LogP) is 1.88. The van der Waals surface area contributed by atoms with Crippen molar-refractivity contribution in [3.8, 4) is 0 Å². The molecule has 0 bridgehead atoms. The summed E-state index contributed by atoms with van der Waals surface area (Å²) in [5, 5.41) is 0. The second-order valence-corrected chi connectivity index (χ2v) is 5.99. The van der Waals surface area contributed by atoms with Crippen molar-refractivity contribution in [3.05, 3.63) is 52.7 Å². The molecule has 0 aliphatic carbocycles. The van der Waals surface area contributed by atoms with E-state index in [2.05, 4.69) is 19.9 Å². The summed E-state index contributed by atoms with van der Waals surface area (Å²) in [5.41, 5.74) is -0.880. The van der Waals surface area contributed by atoms with Gasteiger partial charge < -0.3 is 0 Å². The average molecular weight is 335 g/mol. The Balaban J connectivity index is 1.53. The Morgan fingerprint density at radius 1 is 1.17 bits per heavy atom. The predicted molar refractivity (Wildman–Crippen MR) is 83.5 cm³/mol. The highest BCUT2D eigenvalue weighted by Crippen LogP contribution is 2.20. The zero-order chi connectivity index (χ0) is 16.9. The van der Waals surface area contributed by atoms with Crippen molar-refractivity contribution < 1.29 is 8.78 Å². The van der Waals surface area contributed by atoms with Gasteiger partial charge in [0.25, 0.3) is 12.0 Å². The molecular weight excluding hydrogens is 316 g/mol. The van der Waals surface area contributed by atoms with Gasteiger partial charge in [0.1, 0.15) is 11.5 Å². The molecule has 1 saturated heterocycles. The lowest BCUT2D eigenvalue weighted by Crippen LogP contribution is -2.36. The minimum Gasteiger partial charge on any atom is -0.299 e. The second kappa shape index (κ2) is 7.57. The van der Waals surface area contributed by atoms with Crippen LogP contribution in [0.25, 0.3) is 0 Å². The van der Waals surface area contributed by atoms with Gasteiger partial charge in [-0.25, -0.2) is 23.7 Å². The van der Waals surface area contributed by atoms with Crippen molar-refractivity contribution in [3.63, 3.8) is 0 Å². The molecule has 0 spiro atoms. The van der Waals surface area contributed by atoms with Crippen LogP contribution in [-0.2, 0) is 13.1 Å². The van der Waals surface area contributed by atoms with Crippen LogP contribution in [-0.4, -0.2) is 37.5 Å². The maximum Gasteiger partial charge on any atom is 0.280 e. The third-order valence-electron chi connectivity index (χ3n) is 4.27. The molecule has 0 saturated carbocycles. The second-order valence-electron chi connectivity index (χ2n) is 5.99. The summed E-state index contributed by atoms with van der Waals surface area (Å²) in [6, 6.07) is 2.72. The van der Waals surface area contributed by atoms with Crippen molar-refractivity contribution in [2.75, 3.05) is 13.1 Å². The van der Waals surface area contributed by atoms with E-state index in [4.69, 9.17) is 0 Å². The van der Waals surface area contributed by atoms with Crippen molar-refractivity contribution >= 4 is 0 Å². The monoisotopic (exact) mass is 335 g/mol. The van der Waals surface area contributed by atoms with E-state index in [1.807, 2.05) is 0 Å². The molecule has 2 aromatic rings. The summed E-state index contributed by atoms with van der Waals surface area (Å²) < 4.78 is 26.5. The normalized spacial score (nSPS) is 16.6. The molecule has 2 aromatic heterocycles. The van der Waals surface area contributed by atoms with Crippen LogP contribution in [0.5, 0.6) is 0 Å². The maximum absolute atomic E-state index is 12.5. The minimum absolute atomic E-state index is 0.342. The Morgan fingerprint density at radius 3 is 2.50 bits per heavy atom. The van der Waals surface area contributed by atoms with Gasteiger partial charge in [0.05, 0.1) is 12.9 Å². The van der Waals surface area contributed by atoms with Gasteiger partial charge in [0.2, 0.25) is 0 Å². The highest BCUT2D eigenvalue weighted by atomic mass is 19.3. The summed E-state index contributed by atoms with van der Waals surface area (Å²) in [6.07, 6.45) is 3.87. The molecular formula is C16H19F2N5O. The first-order valence-electron chi connectivity index (χ1n) is 7.94. The zero-order valence-corrected chi connectivity index (χ0v) is 13.2. The van der Waals surface area contributed by atoms with E-state index < -0.39 is 17.7 Å². The lowest BCUT2D eigenvalue weighted by Gasteiger charge is -2.31. The fourth-order valence-electron chi connectivity index (χ4n) is 2.91. The smallest absolute Gasteiger partial charge is 0.280 e. The van der Waals surface area contributed by atoms with Crippen LogP contribution < -0.4 is 5.56 Å². The number of nitrogens with zero attached hydrogens (tertiary/aromatic N) is 5. The van der Waals surface area contributed by atoms with Crippen molar-refractivity contribution in [2.45, 2.75) is 32.4 Å². The van der Waals surface area contributed by atoms with Crippen molar-refractivity contribution in [1.29, 1.82) is 0 Å². The molecule has 6 nitrogen and oxygen atoms in total. The van der Waals surface area contributed by atoms with Gasteiger partial charge in [0, 0.05) is 25.0 Å². The summed E-state index contributed by atoms with van der Waals surface area (Å²) in [5.74, 6) is 1.15. The van der Waals surface area contributed by atoms with Gasteiger partial charge in [-0.3, -0.25) is 14.3 Å². The van der Waals surface area contributed by atoms with Gasteiger partial charge in [-0.1, -0.05) is 0 Å². The van der Waals surface area contributed by atoms with Gasteiger partial charge in [-0.05, 0) is 37.9 Å². The number of likely N-dealkylation sites (tertiary alicyclic amines) is 1. The molecule has 24 heavy (non-hydrogen) atoms. The number of hydrogen-bond donors (Lipinski definition) is 0. The average Bonchev–Trinajstić information content (AvgIpc) is 2.59. The molecule has 3 rings (SSSR count). The largest absolute Gasteiger partial charge is 0.299 e. The quantitative estimate of drug-likeness (QED) is 0.835. The lowest BCUT2D eigenvalue weighted by atomic mass is 9.96. The van der Waals surface area contributed by atoms with Crippen LogP contribution in [0.3, 0.4) is 0 Å². The Bertz CT molecular complexity index is 714. The molecule has 0 amide bonds. The Morgan fingerprint density at radius 2 is 1.88 bits per heavy atom. The third-order valence-corrected chi connectivity index (χ3v) is 4.27. The number of piperidine rings is 1. The molecule has 128 valence electrons. The number of alkyl halides is 2. The van der Waals surface area contributed by atoms with E-state index in [-0.39, 0.29) is 0 Å². The summed E-state index contributed by atoms with van der Waals surface area (Å²) in [4.78, 5) is 26.3. The van der Waals surface area contributed by atoms with Gasteiger partial charge in [0.15, 0.2) is 0 Å². The molecule has 3 heterocycles. The SMILES string of the molecule is O=c1cc(C(F)F)ncn1CC1CCN(Cc2ncccn2)CC1. The molecule has 1 aliphatic heterocycles. The minimum atomic E-state index is -2.71. The summed E-state index contributed by atoms with van der Waals surface area (Å²) in [7, 11) is 0. The number of hydrogen-bond acceptors (Lipinski definition) is 5. The van der Waals surface area contributed by atoms with Crippen LogP contribution in [0, 0.1) is 5.92 Å². The van der Waals surface area contributed by atoms with Crippen LogP contribution in [0.1, 0.15) is 30.8 Å². The first-order chi connectivity index (χ1) is 11.6. The van der Waals surface area contributed by atoms with E-state index in [9.17, 15) is 13.6 Å². The van der Waals surface area contributed by atoms with Crippen molar-refractivity contribution in [2.24, 2.45) is 5.92 Å². The van der Waals surface area contributed by atoms with Crippen LogP contribution in [0.4, 0.5) is 8.78 Å². The first-order valence-corrected chi connectivity index (χ1v) is 7.94. The molecule has 0 atom stereocenters. The standard InChI is InChI=1S/C16H19F2N5O/c17-16(18)13-8-15(24)23(11-21-13)9-12-2-6-22(7-3-12)10-14-19-4-1-5-20-14/h1,4-5,8,11-12,16H,2-3,6-7,9-10H2. The van der Waals surface area contributed by atoms with E-state index in [0.29, 0.717) is 12.5 Å². The molecule has 1 aliphatic rings. The van der Waals surface area contributed by atoms with Crippen molar-refractivity contribution in [1.82, 2.24) is 24.4 Å². The number of rotatable bonds is 5.